The zero-order chi connectivity index (χ0) is 16.4. The van der Waals surface area contributed by atoms with E-state index in [9.17, 15) is 0 Å². The maximum absolute atomic E-state index is 4.48. The molecule has 4 rings (SSSR count). The summed E-state index contributed by atoms with van der Waals surface area (Å²) >= 11 is 0. The van der Waals surface area contributed by atoms with E-state index in [4.69, 9.17) is 0 Å². The zero-order valence-electron chi connectivity index (χ0n) is 14.5. The highest BCUT2D eigenvalue weighted by atomic mass is 15.4. The van der Waals surface area contributed by atoms with E-state index in [-0.39, 0.29) is 0 Å². The minimum absolute atomic E-state index is 0.486. The van der Waals surface area contributed by atoms with Gasteiger partial charge in [0.1, 0.15) is 11.6 Å². The lowest BCUT2D eigenvalue weighted by Crippen LogP contribution is -2.37. The summed E-state index contributed by atoms with van der Waals surface area (Å²) in [4.78, 5) is 6.99. The lowest BCUT2D eigenvalue weighted by Gasteiger charge is -2.29. The molecule has 5 heteroatoms. The highest BCUT2D eigenvalue weighted by Gasteiger charge is 2.20. The van der Waals surface area contributed by atoms with Gasteiger partial charge in [0.25, 0.3) is 0 Å². The van der Waals surface area contributed by atoms with Crippen LogP contribution < -0.4 is 10.2 Å². The average Bonchev–Trinajstić information content (AvgIpc) is 3.00. The topological polar surface area (TPSA) is 46.0 Å². The first-order valence-electron chi connectivity index (χ1n) is 9.25. The number of hydrogen-bond donors (Lipinski definition) is 1. The van der Waals surface area contributed by atoms with E-state index in [1.165, 1.54) is 43.6 Å². The predicted molar refractivity (Wildman–Crippen MR) is 96.2 cm³/mol. The van der Waals surface area contributed by atoms with E-state index in [0.717, 1.165) is 37.6 Å². The number of nitrogens with zero attached hydrogens (tertiary/aromatic N) is 4. The molecule has 3 heterocycles. The molecular weight excluding hydrogens is 298 g/mol. The minimum Gasteiger partial charge on any atom is -0.372 e. The van der Waals surface area contributed by atoms with Gasteiger partial charge in [-0.05, 0) is 50.3 Å². The van der Waals surface area contributed by atoms with Gasteiger partial charge in [-0.25, -0.2) is 9.67 Å². The number of aryl methyl sites for hydroxylation is 2. The van der Waals surface area contributed by atoms with Gasteiger partial charge >= 0.3 is 0 Å². The third-order valence-corrected chi connectivity index (χ3v) is 5.22. The molecule has 0 amide bonds. The van der Waals surface area contributed by atoms with Gasteiger partial charge in [0.2, 0.25) is 0 Å². The Hall–Kier alpha value is -1.88. The van der Waals surface area contributed by atoms with Crippen molar-refractivity contribution in [2.75, 3.05) is 18.0 Å². The number of piperidine rings is 1. The quantitative estimate of drug-likeness (QED) is 0.939. The van der Waals surface area contributed by atoms with Crippen LogP contribution in [0.3, 0.4) is 0 Å². The van der Waals surface area contributed by atoms with Gasteiger partial charge in [-0.2, -0.15) is 5.10 Å². The van der Waals surface area contributed by atoms with Crippen LogP contribution in [0.1, 0.15) is 42.9 Å². The van der Waals surface area contributed by atoms with E-state index in [0.29, 0.717) is 6.04 Å². The smallest absolute Gasteiger partial charge is 0.147 e. The predicted octanol–water partition coefficient (Wildman–Crippen LogP) is 2.68. The molecule has 1 atom stereocenters. The Morgan fingerprint density at radius 2 is 1.92 bits per heavy atom. The van der Waals surface area contributed by atoms with Crippen LogP contribution >= 0.6 is 0 Å². The van der Waals surface area contributed by atoms with Crippen LogP contribution in [0, 0.1) is 6.92 Å². The van der Waals surface area contributed by atoms with Crippen LogP contribution in [-0.2, 0) is 19.5 Å². The van der Waals surface area contributed by atoms with E-state index in [2.05, 4.69) is 49.2 Å². The monoisotopic (exact) mass is 325 g/mol. The molecule has 0 bridgehead atoms. The minimum atomic E-state index is 0.486. The van der Waals surface area contributed by atoms with Crippen molar-refractivity contribution >= 4 is 5.69 Å². The maximum Gasteiger partial charge on any atom is 0.147 e. The molecule has 0 aliphatic carbocycles. The summed E-state index contributed by atoms with van der Waals surface area (Å²) in [7, 11) is 0. The molecule has 2 aliphatic heterocycles. The van der Waals surface area contributed by atoms with Crippen molar-refractivity contribution in [3.8, 4) is 0 Å². The van der Waals surface area contributed by atoms with Crippen molar-refractivity contribution in [3.63, 3.8) is 0 Å². The Bertz CT molecular complexity index is 670. The first kappa shape index (κ1) is 15.6. The summed E-state index contributed by atoms with van der Waals surface area (Å²) in [5, 5.41) is 8.16. The second-order valence-corrected chi connectivity index (χ2v) is 7.09. The summed E-state index contributed by atoms with van der Waals surface area (Å²) in [6.07, 6.45) is 6.20. The van der Waals surface area contributed by atoms with Crippen molar-refractivity contribution in [1.29, 1.82) is 0 Å². The summed E-state index contributed by atoms with van der Waals surface area (Å²) in [5.74, 6) is 2.02. The third-order valence-electron chi connectivity index (χ3n) is 5.22. The summed E-state index contributed by atoms with van der Waals surface area (Å²) in [6, 6.07) is 9.58. The lowest BCUT2D eigenvalue weighted by atomic mass is 10.1. The van der Waals surface area contributed by atoms with Gasteiger partial charge in [-0.1, -0.05) is 12.1 Å². The van der Waals surface area contributed by atoms with Crippen molar-refractivity contribution in [2.24, 2.45) is 0 Å². The van der Waals surface area contributed by atoms with E-state index in [1.807, 2.05) is 6.92 Å². The van der Waals surface area contributed by atoms with Gasteiger partial charge in [0.05, 0.1) is 6.54 Å². The lowest BCUT2D eigenvalue weighted by molar-refractivity contribution is 0.357. The van der Waals surface area contributed by atoms with E-state index < -0.39 is 0 Å². The van der Waals surface area contributed by atoms with Gasteiger partial charge in [0.15, 0.2) is 0 Å². The molecule has 1 unspecified atom stereocenters. The molecule has 24 heavy (non-hydrogen) atoms. The Morgan fingerprint density at radius 3 is 2.71 bits per heavy atom. The molecule has 0 spiro atoms. The molecule has 128 valence electrons. The fourth-order valence-electron chi connectivity index (χ4n) is 3.84. The third kappa shape index (κ3) is 3.46. The van der Waals surface area contributed by atoms with Gasteiger partial charge in [-0.15, -0.1) is 0 Å². The Kier molecular flexibility index (Phi) is 4.52. The standard InChI is InChI=1S/C19H27N5/c1-15-21-19-10-7-17(14-24(19)22-15)20-13-16-5-8-18(9-6-16)23-11-3-2-4-12-23/h5-6,8-9,17,20H,2-4,7,10-14H2,1H3. The number of aromatic nitrogens is 3. The average molecular weight is 325 g/mol. The molecule has 1 aromatic carbocycles. The maximum atomic E-state index is 4.48. The molecule has 1 aromatic heterocycles. The van der Waals surface area contributed by atoms with Gasteiger partial charge < -0.3 is 10.2 Å². The van der Waals surface area contributed by atoms with Crippen molar-refractivity contribution in [2.45, 2.75) is 58.2 Å². The second-order valence-electron chi connectivity index (χ2n) is 7.09. The fourth-order valence-corrected chi connectivity index (χ4v) is 3.84. The molecule has 0 saturated carbocycles. The first-order chi connectivity index (χ1) is 11.8. The summed E-state index contributed by atoms with van der Waals surface area (Å²) < 4.78 is 2.07. The van der Waals surface area contributed by atoms with Crippen LogP contribution in [0.5, 0.6) is 0 Å². The van der Waals surface area contributed by atoms with Gasteiger partial charge in [-0.3, -0.25) is 0 Å². The fraction of sp³-hybridized carbons (Fsp3) is 0.579. The van der Waals surface area contributed by atoms with Crippen LogP contribution in [-0.4, -0.2) is 33.9 Å². The van der Waals surface area contributed by atoms with Gasteiger partial charge in [0, 0.05) is 37.8 Å². The van der Waals surface area contributed by atoms with Crippen LogP contribution in [0.15, 0.2) is 24.3 Å². The zero-order valence-corrected chi connectivity index (χ0v) is 14.5. The normalized spacial score (nSPS) is 20.9. The number of fused-ring (bicyclic) bond motifs is 1. The van der Waals surface area contributed by atoms with Crippen LogP contribution in [0.4, 0.5) is 5.69 Å². The molecular formula is C19H27N5. The van der Waals surface area contributed by atoms with Crippen molar-refractivity contribution in [3.05, 3.63) is 41.5 Å². The molecule has 5 nitrogen and oxygen atoms in total. The van der Waals surface area contributed by atoms with E-state index in [1.54, 1.807) is 0 Å². The Balaban J connectivity index is 1.31. The first-order valence-corrected chi connectivity index (χ1v) is 9.25. The van der Waals surface area contributed by atoms with Crippen molar-refractivity contribution < 1.29 is 0 Å². The molecule has 2 aliphatic rings. The van der Waals surface area contributed by atoms with Crippen LogP contribution in [0.2, 0.25) is 0 Å². The highest BCUT2D eigenvalue weighted by Crippen LogP contribution is 2.20. The summed E-state index contributed by atoms with van der Waals surface area (Å²) in [5.41, 5.74) is 2.73. The second kappa shape index (κ2) is 6.93. The number of nitrogens with one attached hydrogen (secondary N) is 1. The molecule has 0 radical (unpaired) electrons. The largest absolute Gasteiger partial charge is 0.372 e. The Morgan fingerprint density at radius 1 is 1.12 bits per heavy atom. The Labute approximate surface area is 144 Å². The van der Waals surface area contributed by atoms with Crippen LogP contribution in [0.25, 0.3) is 0 Å². The highest BCUT2D eigenvalue weighted by molar-refractivity contribution is 5.47. The molecule has 1 N–H and O–H groups in total. The molecule has 1 saturated heterocycles. The number of hydrogen-bond acceptors (Lipinski definition) is 4. The number of rotatable bonds is 4. The number of anilines is 1. The molecule has 1 fully saturated rings. The van der Waals surface area contributed by atoms with E-state index >= 15 is 0 Å². The molecule has 2 aromatic rings. The summed E-state index contributed by atoms with van der Waals surface area (Å²) in [6.45, 7) is 6.24. The SMILES string of the molecule is Cc1nc2n(n1)CC(NCc1ccc(N3CCCCC3)cc1)CC2. The number of benzene rings is 1. The van der Waals surface area contributed by atoms with Crippen molar-refractivity contribution in [1.82, 2.24) is 20.1 Å².